The lowest BCUT2D eigenvalue weighted by atomic mass is 10.2. The fraction of sp³-hybridized carbons (Fsp3) is 0.176. The lowest BCUT2D eigenvalue weighted by molar-refractivity contribution is -0.150. The van der Waals surface area contributed by atoms with Gasteiger partial charge in [0, 0.05) is 17.1 Å². The molecule has 5 nitrogen and oxygen atoms in total. The predicted octanol–water partition coefficient (Wildman–Crippen LogP) is 2.72. The quantitative estimate of drug-likeness (QED) is 0.779. The lowest BCUT2D eigenvalue weighted by Crippen LogP contribution is -2.29. The van der Waals surface area contributed by atoms with Crippen molar-refractivity contribution in [3.05, 3.63) is 64.9 Å². The summed E-state index contributed by atoms with van der Waals surface area (Å²) < 4.78 is 23.3. The van der Waals surface area contributed by atoms with Crippen LogP contribution in [0, 0.1) is 5.82 Å². The van der Waals surface area contributed by atoms with Gasteiger partial charge >= 0.3 is 5.97 Å². The van der Waals surface area contributed by atoms with E-state index in [-0.39, 0.29) is 13.2 Å². The summed E-state index contributed by atoms with van der Waals surface area (Å²) in [5.74, 6) is -1.17. The monoisotopic (exact) mass is 351 g/mol. The zero-order valence-electron chi connectivity index (χ0n) is 12.6. The molecule has 2 aromatic carbocycles. The van der Waals surface area contributed by atoms with Gasteiger partial charge in [-0.3, -0.25) is 4.79 Å². The number of hydrogen-bond acceptors (Lipinski definition) is 4. The number of carbonyl (C=O) groups excluding carboxylic acids is 2. The van der Waals surface area contributed by atoms with Crippen LogP contribution in [0.5, 0.6) is 5.75 Å². The Labute approximate surface area is 143 Å². The number of nitrogens with one attached hydrogen (secondary N) is 1. The van der Waals surface area contributed by atoms with Gasteiger partial charge in [0.25, 0.3) is 5.91 Å². The molecule has 7 heteroatoms. The third-order valence-corrected chi connectivity index (χ3v) is 3.22. The average molecular weight is 352 g/mol. The van der Waals surface area contributed by atoms with Gasteiger partial charge in [-0.05, 0) is 30.3 Å². The Hall–Kier alpha value is -2.60. The Morgan fingerprint density at radius 1 is 1.04 bits per heavy atom. The maximum Gasteiger partial charge on any atom is 0.344 e. The van der Waals surface area contributed by atoms with Gasteiger partial charge < -0.3 is 14.8 Å². The smallest absolute Gasteiger partial charge is 0.344 e. The molecule has 0 saturated heterocycles. The Balaban J connectivity index is 1.66. The molecule has 0 aromatic heterocycles. The number of amides is 1. The molecule has 0 fully saturated rings. The Kier molecular flexibility index (Phi) is 6.57. The van der Waals surface area contributed by atoms with Crippen LogP contribution in [0.15, 0.2) is 48.5 Å². The van der Waals surface area contributed by atoms with Gasteiger partial charge in [-0.2, -0.15) is 0 Å². The summed E-state index contributed by atoms with van der Waals surface area (Å²) in [6.07, 6.45) is 0. The fourth-order valence-corrected chi connectivity index (χ4v) is 1.87. The van der Waals surface area contributed by atoms with Crippen LogP contribution in [0.25, 0.3) is 0 Å². The summed E-state index contributed by atoms with van der Waals surface area (Å²) in [7, 11) is 0. The largest absolute Gasteiger partial charge is 0.482 e. The number of rotatable bonds is 7. The molecule has 0 atom stereocenters. The first-order chi connectivity index (χ1) is 11.5. The number of esters is 1. The number of halogens is 2. The molecule has 0 spiro atoms. The number of hydrogen-bond donors (Lipinski definition) is 1. The summed E-state index contributed by atoms with van der Waals surface area (Å²) in [6, 6.07) is 12.5. The standard InChI is InChI=1S/C17H15ClFNO4/c18-13-5-7-14(8-6-13)23-11-17(22)24-10-16(21)20-9-12-3-1-2-4-15(12)19/h1-8H,9-11H2,(H,20,21). The van der Waals surface area contributed by atoms with Crippen molar-refractivity contribution in [3.8, 4) is 5.75 Å². The second-order valence-corrected chi connectivity index (χ2v) is 5.21. The van der Waals surface area contributed by atoms with Crippen LogP contribution < -0.4 is 10.1 Å². The van der Waals surface area contributed by atoms with Gasteiger partial charge in [0.15, 0.2) is 13.2 Å². The topological polar surface area (TPSA) is 64.6 Å². The highest BCUT2D eigenvalue weighted by atomic mass is 35.5. The van der Waals surface area contributed by atoms with E-state index < -0.39 is 24.3 Å². The third-order valence-electron chi connectivity index (χ3n) is 2.97. The molecule has 126 valence electrons. The van der Waals surface area contributed by atoms with Crippen molar-refractivity contribution in [2.45, 2.75) is 6.54 Å². The van der Waals surface area contributed by atoms with E-state index in [0.29, 0.717) is 16.3 Å². The molecular formula is C17H15ClFNO4. The van der Waals surface area contributed by atoms with E-state index in [1.54, 1.807) is 42.5 Å². The SMILES string of the molecule is O=C(COC(=O)COc1ccc(Cl)cc1)NCc1ccccc1F. The normalized spacial score (nSPS) is 10.1. The van der Waals surface area contributed by atoms with Gasteiger partial charge in [-0.25, -0.2) is 9.18 Å². The van der Waals surface area contributed by atoms with E-state index in [9.17, 15) is 14.0 Å². The highest BCUT2D eigenvalue weighted by Gasteiger charge is 2.09. The van der Waals surface area contributed by atoms with E-state index in [1.807, 2.05) is 0 Å². The third kappa shape index (κ3) is 5.89. The maximum atomic E-state index is 13.4. The van der Waals surface area contributed by atoms with Crippen LogP contribution in [0.4, 0.5) is 4.39 Å². The van der Waals surface area contributed by atoms with Crippen molar-refractivity contribution in [2.24, 2.45) is 0 Å². The second kappa shape index (κ2) is 8.88. The van der Waals surface area contributed by atoms with E-state index in [1.165, 1.54) is 6.07 Å². The molecule has 1 N–H and O–H groups in total. The minimum absolute atomic E-state index is 0.0182. The summed E-state index contributed by atoms with van der Waals surface area (Å²) in [6.45, 7) is -0.774. The highest BCUT2D eigenvalue weighted by Crippen LogP contribution is 2.15. The van der Waals surface area contributed by atoms with E-state index in [0.717, 1.165) is 0 Å². The summed E-state index contributed by atoms with van der Waals surface area (Å²) in [4.78, 5) is 23.1. The maximum absolute atomic E-state index is 13.4. The van der Waals surface area contributed by atoms with Crippen molar-refractivity contribution in [1.29, 1.82) is 0 Å². The molecule has 0 bridgehead atoms. The molecule has 0 heterocycles. The van der Waals surface area contributed by atoms with Gasteiger partial charge in [0.05, 0.1) is 0 Å². The molecule has 2 rings (SSSR count). The predicted molar refractivity (Wildman–Crippen MR) is 86.2 cm³/mol. The molecule has 2 aromatic rings. The number of benzene rings is 2. The first-order valence-electron chi connectivity index (χ1n) is 7.08. The van der Waals surface area contributed by atoms with Crippen LogP contribution in [0.1, 0.15) is 5.56 Å². The van der Waals surface area contributed by atoms with Crippen LogP contribution in [0.2, 0.25) is 5.02 Å². The molecule has 0 radical (unpaired) electrons. The Bertz CT molecular complexity index is 706. The molecule has 0 aliphatic carbocycles. The van der Waals surface area contributed by atoms with Crippen molar-refractivity contribution in [3.63, 3.8) is 0 Å². The minimum Gasteiger partial charge on any atom is -0.482 e. The van der Waals surface area contributed by atoms with E-state index in [4.69, 9.17) is 21.1 Å². The van der Waals surface area contributed by atoms with Crippen molar-refractivity contribution >= 4 is 23.5 Å². The summed E-state index contributed by atoms with van der Waals surface area (Å²) in [5, 5.41) is 3.02. The van der Waals surface area contributed by atoms with Crippen LogP contribution in [0.3, 0.4) is 0 Å². The van der Waals surface area contributed by atoms with Gasteiger partial charge in [-0.1, -0.05) is 29.8 Å². The minimum atomic E-state index is -0.689. The zero-order valence-corrected chi connectivity index (χ0v) is 13.4. The molecular weight excluding hydrogens is 337 g/mol. The number of ether oxygens (including phenoxy) is 2. The first kappa shape index (κ1) is 17.7. The van der Waals surface area contributed by atoms with Gasteiger partial charge in [0.2, 0.25) is 0 Å². The van der Waals surface area contributed by atoms with E-state index in [2.05, 4.69) is 5.32 Å². The van der Waals surface area contributed by atoms with E-state index >= 15 is 0 Å². The van der Waals surface area contributed by atoms with Crippen LogP contribution >= 0.6 is 11.6 Å². The first-order valence-corrected chi connectivity index (χ1v) is 7.46. The molecule has 0 saturated carbocycles. The van der Waals surface area contributed by atoms with Crippen molar-refractivity contribution in [1.82, 2.24) is 5.32 Å². The summed E-state index contributed by atoms with van der Waals surface area (Å²) >= 11 is 5.73. The molecule has 0 unspecified atom stereocenters. The fourth-order valence-electron chi connectivity index (χ4n) is 1.75. The van der Waals surface area contributed by atoms with Crippen LogP contribution in [-0.2, 0) is 20.9 Å². The van der Waals surface area contributed by atoms with Crippen LogP contribution in [-0.4, -0.2) is 25.1 Å². The highest BCUT2D eigenvalue weighted by molar-refractivity contribution is 6.30. The average Bonchev–Trinajstić information content (AvgIpc) is 2.58. The van der Waals surface area contributed by atoms with Crippen molar-refractivity contribution < 1.29 is 23.5 Å². The Morgan fingerprint density at radius 3 is 2.46 bits per heavy atom. The number of carbonyl (C=O) groups is 2. The van der Waals surface area contributed by atoms with Gasteiger partial charge in [-0.15, -0.1) is 0 Å². The lowest BCUT2D eigenvalue weighted by Gasteiger charge is -2.08. The molecule has 24 heavy (non-hydrogen) atoms. The second-order valence-electron chi connectivity index (χ2n) is 4.77. The summed E-state index contributed by atoms with van der Waals surface area (Å²) in [5.41, 5.74) is 0.350. The Morgan fingerprint density at radius 2 is 1.75 bits per heavy atom. The van der Waals surface area contributed by atoms with Gasteiger partial charge in [0.1, 0.15) is 11.6 Å². The zero-order chi connectivity index (χ0) is 17.4. The molecule has 1 amide bonds. The van der Waals surface area contributed by atoms with Crippen molar-refractivity contribution in [2.75, 3.05) is 13.2 Å². The molecule has 0 aliphatic rings. The molecule has 0 aliphatic heterocycles.